The number of carbonyl (C=O) groups excluding carboxylic acids is 1. The van der Waals surface area contributed by atoms with E-state index < -0.39 is 92.3 Å². The Labute approximate surface area is 519 Å². The van der Waals surface area contributed by atoms with Crippen molar-refractivity contribution in [2.75, 3.05) is 50.0 Å². The maximum atomic E-state index is 12.9. The minimum atomic E-state index is -5.82. The van der Waals surface area contributed by atoms with Crippen LogP contribution in [-0.4, -0.2) is 144 Å². The van der Waals surface area contributed by atoms with Crippen molar-refractivity contribution in [3.05, 3.63) is 106 Å². The molecule has 2 aromatic carbocycles. The molecule has 2 aromatic heterocycles. The van der Waals surface area contributed by atoms with E-state index in [4.69, 9.17) is 20.5 Å². The third-order valence-corrected chi connectivity index (χ3v) is 21.0. The Morgan fingerprint density at radius 3 is 2.29 bits per heavy atom. The second-order valence-electron chi connectivity index (χ2n) is 22.0. The predicted molar refractivity (Wildman–Crippen MR) is 325 cm³/mol. The number of likely N-dealkylation sites (N-methyl/N-ethyl adjacent to an activating group) is 1. The van der Waals surface area contributed by atoms with Crippen LogP contribution in [0, 0.1) is 11.8 Å². The van der Waals surface area contributed by atoms with Crippen molar-refractivity contribution in [3.63, 3.8) is 0 Å². The molecule has 490 valence electrons. The third kappa shape index (κ3) is 17.9. The normalized spacial score (nSPS) is 21.2. The molecule has 3 aliphatic rings. The van der Waals surface area contributed by atoms with Gasteiger partial charge in [0, 0.05) is 78.3 Å². The van der Waals surface area contributed by atoms with Crippen molar-refractivity contribution in [1.29, 1.82) is 0 Å². The van der Waals surface area contributed by atoms with Crippen LogP contribution in [0.15, 0.2) is 93.7 Å². The minimum Gasteiger partial charge on any atom is -0.744 e. The summed E-state index contributed by atoms with van der Waals surface area (Å²) in [6.07, 6.45) is 8.78. The van der Waals surface area contributed by atoms with E-state index in [2.05, 4.69) is 64.8 Å². The molecule has 3 unspecified atom stereocenters. The Hall–Kier alpha value is -6.07. The van der Waals surface area contributed by atoms with Gasteiger partial charge in [-0.2, -0.15) is 21.6 Å². The first-order valence-corrected chi connectivity index (χ1v) is 35.7. The van der Waals surface area contributed by atoms with Crippen molar-refractivity contribution >= 4 is 83.7 Å². The van der Waals surface area contributed by atoms with Gasteiger partial charge in [-0.25, -0.2) is 37.1 Å². The van der Waals surface area contributed by atoms with Crippen LogP contribution in [0.3, 0.4) is 0 Å². The van der Waals surface area contributed by atoms with Crippen LogP contribution in [0.5, 0.6) is 0 Å². The monoisotopic (exact) mass is 1350 g/mol. The molecule has 31 nitrogen and oxygen atoms in total. The molecule has 9 N–H and O–H groups in total. The highest BCUT2D eigenvalue weighted by atomic mass is 32.2. The zero-order valence-corrected chi connectivity index (χ0v) is 54.0. The highest BCUT2D eigenvalue weighted by Gasteiger charge is 2.48. The van der Waals surface area contributed by atoms with E-state index in [0.717, 1.165) is 28.3 Å². The number of carbonyl (C=O) groups is 1. The smallest absolute Gasteiger partial charge is 0.490 e. The lowest BCUT2D eigenvalue weighted by Crippen LogP contribution is -2.33. The van der Waals surface area contributed by atoms with E-state index in [1.807, 2.05) is 65.0 Å². The highest BCUT2D eigenvalue weighted by Crippen LogP contribution is 2.68. The highest BCUT2D eigenvalue weighted by molar-refractivity contribution is 7.86. The zero-order valence-electron chi connectivity index (χ0n) is 49.7. The van der Waals surface area contributed by atoms with Crippen LogP contribution >= 0.6 is 23.5 Å². The van der Waals surface area contributed by atoms with Gasteiger partial charge in [-0.05, 0) is 106 Å². The lowest BCUT2D eigenvalue weighted by atomic mass is 9.81. The summed E-state index contributed by atoms with van der Waals surface area (Å²) >= 11 is 0. The number of phosphoric acid groups is 3. The molecular formula is C54H72N11O20P3S2. The Morgan fingerprint density at radius 1 is 0.900 bits per heavy atom. The van der Waals surface area contributed by atoms with Gasteiger partial charge in [0.2, 0.25) is 17.4 Å². The van der Waals surface area contributed by atoms with Crippen molar-refractivity contribution in [1.82, 2.24) is 24.8 Å². The quantitative estimate of drug-likeness (QED) is 0.00286. The second-order valence-corrected chi connectivity index (χ2v) is 29.5. The standard InChI is InChI=1S/C54H72N11O20P3S2/c1-6-63-40-26-24-36(89(75,76)77)32-38(40)53(2,3)43(63)20-12-9-13-21-44-54(4,5)39-33-37(90(78,79)80)25-27-41(39)64(44)30-18-11-15-23-46(66)57-28-16-10-14-22-45-60-50(55)47-51(61-45)65(35-58-47)52-49(68)48(67)42(83-52)34-82-87(71,72)85-88(73,74)84-86(69,70)81-31-19-8-7-17-29-59-62-56/h9,12-13,20-21,24-27,32-33,35,42,48-49,52,67-68H,6-8,10-11,15-19,23,28-31,34H2,1-5H3,(H7-,55,57,60,61,66,69,70,71,72,73,74,75,76,77,78,79,80)/t42-,48-,49-,52-/m1/s1. The molecule has 7 rings (SSSR count). The summed E-state index contributed by atoms with van der Waals surface area (Å²) in [5, 5.41) is 28.0. The molecule has 3 aliphatic heterocycles. The van der Waals surface area contributed by atoms with Crippen molar-refractivity contribution in [3.8, 4) is 11.8 Å². The van der Waals surface area contributed by atoms with Gasteiger partial charge in [0.15, 0.2) is 23.4 Å². The van der Waals surface area contributed by atoms with Gasteiger partial charge in [-0.1, -0.05) is 56.0 Å². The summed E-state index contributed by atoms with van der Waals surface area (Å²) in [7, 11) is -25.9. The number of anilines is 2. The number of rotatable bonds is 31. The largest absolute Gasteiger partial charge is 0.744 e. The first kappa shape index (κ1) is 71.4. The number of unbranched alkanes of at least 4 members (excludes halogenated alkanes) is 6. The average molecular weight is 1350 g/mol. The number of azide groups is 1. The number of nitrogens with two attached hydrogens (primary N) is 1. The number of benzene rings is 2. The summed E-state index contributed by atoms with van der Waals surface area (Å²) in [6, 6.07) is 8.93. The molecule has 7 atom stereocenters. The molecule has 4 aromatic rings. The number of hydrogen-bond acceptors (Lipinski definition) is 22. The number of phosphoric ester groups is 2. The molecule has 5 heterocycles. The summed E-state index contributed by atoms with van der Waals surface area (Å²) in [5.74, 6) is 5.40. The second kappa shape index (κ2) is 29.7. The summed E-state index contributed by atoms with van der Waals surface area (Å²) in [5.41, 5.74) is 18.0. The number of allylic oxidation sites excluding steroid dienone is 6. The van der Waals surface area contributed by atoms with E-state index in [-0.39, 0.29) is 57.9 Å². The Kier molecular flexibility index (Phi) is 23.5. The minimum absolute atomic E-state index is 0.00763. The SMILES string of the molecule is CCN1/C(=C/C=C/C=C/C2=[N+](CCCCCC(=O)NCCCC#Cc3nc(N)c4ncn([C@@H]5O[C@H](COP(=O)(O)OP(=O)(O)OP(=O)(O)OCCCCCCN=[N+]=[N-])[C@@H](O)[C@H]5O)c4n3)c3ccc(S(=O)(=O)O)cc3C2(C)C)C(C)(C)c2cc(S(=O)(=O)[O-])ccc21. The van der Waals surface area contributed by atoms with Crippen LogP contribution in [0.25, 0.3) is 21.6 Å². The third-order valence-electron chi connectivity index (χ3n) is 15.0. The van der Waals surface area contributed by atoms with E-state index in [1.165, 1.54) is 35.2 Å². The van der Waals surface area contributed by atoms with Crippen LogP contribution in [0.1, 0.15) is 122 Å². The molecule has 0 saturated carbocycles. The van der Waals surface area contributed by atoms with Gasteiger partial charge < -0.3 is 50.1 Å². The number of imidazole rings is 1. The topological polar surface area (TPSA) is 464 Å². The first-order valence-electron chi connectivity index (χ1n) is 28.4. The first-order chi connectivity index (χ1) is 42.2. The van der Waals surface area contributed by atoms with Gasteiger partial charge in [0.05, 0.1) is 34.7 Å². The van der Waals surface area contributed by atoms with Crippen LogP contribution < -0.4 is 16.0 Å². The van der Waals surface area contributed by atoms with Crippen LogP contribution in [-0.2, 0) is 72.0 Å². The number of amides is 1. The lowest BCUT2D eigenvalue weighted by Gasteiger charge is -2.25. The van der Waals surface area contributed by atoms with Crippen molar-refractivity contribution in [2.45, 2.75) is 144 Å². The van der Waals surface area contributed by atoms with E-state index in [9.17, 15) is 69.3 Å². The van der Waals surface area contributed by atoms with Gasteiger partial charge in [0.25, 0.3) is 10.1 Å². The molecular weight excluding hydrogens is 1280 g/mol. The molecule has 0 aliphatic carbocycles. The Bertz CT molecular complexity index is 3970. The Morgan fingerprint density at radius 2 is 1.59 bits per heavy atom. The predicted octanol–water partition coefficient (Wildman–Crippen LogP) is 7.12. The Balaban J connectivity index is 0.881. The molecule has 0 bridgehead atoms. The fraction of sp³-hybridized carbons (Fsp3) is 0.500. The van der Waals surface area contributed by atoms with Crippen LogP contribution in [0.2, 0.25) is 0 Å². The van der Waals surface area contributed by atoms with Crippen molar-refractivity contribution < 1.29 is 96.3 Å². The molecule has 1 fully saturated rings. The van der Waals surface area contributed by atoms with E-state index in [0.29, 0.717) is 76.6 Å². The number of aromatic nitrogens is 4. The molecule has 0 spiro atoms. The number of aliphatic hydroxyl groups is 2. The maximum Gasteiger partial charge on any atom is 0.490 e. The molecule has 1 amide bonds. The lowest BCUT2D eigenvalue weighted by molar-refractivity contribution is -0.438. The number of nitrogens with one attached hydrogen (secondary N) is 1. The van der Waals surface area contributed by atoms with Gasteiger partial charge >= 0.3 is 23.5 Å². The molecule has 0 radical (unpaired) electrons. The number of ether oxygens (including phenoxy) is 1. The van der Waals surface area contributed by atoms with Gasteiger partial charge in [-0.15, -0.1) is 0 Å². The van der Waals surface area contributed by atoms with Crippen molar-refractivity contribution in [2.24, 2.45) is 5.11 Å². The fourth-order valence-corrected chi connectivity index (χ4v) is 15.1. The molecule has 1 saturated heterocycles. The summed E-state index contributed by atoms with van der Waals surface area (Å²) < 4.78 is 134. The van der Waals surface area contributed by atoms with Gasteiger partial charge in [-0.3, -0.25) is 23.0 Å². The van der Waals surface area contributed by atoms with Crippen LogP contribution in [0.4, 0.5) is 17.2 Å². The number of fused-ring (bicyclic) bond motifs is 3. The maximum absolute atomic E-state index is 12.9. The van der Waals surface area contributed by atoms with E-state index >= 15 is 0 Å². The van der Waals surface area contributed by atoms with Gasteiger partial charge in [0.1, 0.15) is 40.5 Å². The molecule has 90 heavy (non-hydrogen) atoms. The number of nitrogen functional groups attached to an aromatic ring is 1. The number of aliphatic hydroxyl groups excluding tert-OH is 2. The van der Waals surface area contributed by atoms with E-state index in [1.54, 1.807) is 12.1 Å². The summed E-state index contributed by atoms with van der Waals surface area (Å²) in [6.45, 7) is 10.1. The fourth-order valence-electron chi connectivity index (χ4n) is 10.6. The average Bonchev–Trinajstić information content (AvgIpc) is 1.60. The molecule has 36 heteroatoms. The number of hydrogen-bond donors (Lipinski definition) is 8. The number of nitrogens with zero attached hydrogens (tertiary/aromatic N) is 9. The summed E-state index contributed by atoms with van der Waals surface area (Å²) in [4.78, 5) is 59.7. The zero-order chi connectivity index (χ0) is 66.0.